The average Bonchev–Trinajstić information content (AvgIpc) is 3.55. The van der Waals surface area contributed by atoms with Crippen LogP contribution in [0, 0.1) is 52.3 Å². The average molecular weight is 579 g/mol. The summed E-state index contributed by atoms with van der Waals surface area (Å²) in [6.45, 7) is 10.6. The number of H-pyrrole nitrogens is 1. The standard InChI is InChI=1S/C36H54N2O4/c1-5-25-30-20-24(39)12-16-36(30,4)29-13-17-35(3)27(10-11-28(35)32(29)33(25)40)22(2)15-19-42-34(41)37-18-14-23-21-38-31-9-7-6-8-26(23)31/h6-9,21-22,24-25,27-30,32-33,38-40H,5,10-20H2,1-4H3,(H,37,41)/t22-,24-,25-,27-,28+,29+,30?,32?,33-,35?,36+/m1/s1. The first kappa shape index (κ1) is 30.0. The number of nitrogens with one attached hydrogen (secondary N) is 2. The Kier molecular flexibility index (Phi) is 8.43. The third kappa shape index (κ3) is 5.08. The zero-order valence-electron chi connectivity index (χ0n) is 26.3. The van der Waals surface area contributed by atoms with Gasteiger partial charge in [0.2, 0.25) is 0 Å². The second-order valence-corrected chi connectivity index (χ2v) is 15.1. The number of hydrogen-bond acceptors (Lipinski definition) is 4. The van der Waals surface area contributed by atoms with E-state index in [9.17, 15) is 15.0 Å². The third-order valence-corrected chi connectivity index (χ3v) is 13.3. The Morgan fingerprint density at radius 1 is 1.07 bits per heavy atom. The Balaban J connectivity index is 1.03. The molecule has 4 N–H and O–H groups in total. The molecular weight excluding hydrogens is 524 g/mol. The maximum Gasteiger partial charge on any atom is 0.407 e. The number of aromatic amines is 1. The van der Waals surface area contributed by atoms with Gasteiger partial charge in [-0.2, -0.15) is 0 Å². The molecule has 0 bridgehead atoms. The molecule has 6 heteroatoms. The van der Waals surface area contributed by atoms with Gasteiger partial charge < -0.3 is 25.3 Å². The van der Waals surface area contributed by atoms with Crippen molar-refractivity contribution in [3.05, 3.63) is 36.0 Å². The predicted octanol–water partition coefficient (Wildman–Crippen LogP) is 7.09. The van der Waals surface area contributed by atoms with Crippen LogP contribution in [0.3, 0.4) is 0 Å². The molecule has 0 spiro atoms. The Morgan fingerprint density at radius 3 is 2.64 bits per heavy atom. The highest BCUT2D eigenvalue weighted by atomic mass is 16.5. The number of aliphatic hydroxyl groups is 2. The number of aliphatic hydroxyl groups excluding tert-OH is 2. The van der Waals surface area contributed by atoms with Crippen LogP contribution in [0.15, 0.2) is 30.5 Å². The fourth-order valence-electron chi connectivity index (χ4n) is 11.2. The summed E-state index contributed by atoms with van der Waals surface area (Å²) in [7, 11) is 0. The van der Waals surface area contributed by atoms with Crippen molar-refractivity contribution in [2.24, 2.45) is 52.3 Å². The van der Waals surface area contributed by atoms with Gasteiger partial charge in [-0.05, 0) is 122 Å². The Hall–Kier alpha value is -2.05. The molecule has 6 nitrogen and oxygen atoms in total. The van der Waals surface area contributed by atoms with Gasteiger partial charge in [0.25, 0.3) is 0 Å². The Labute approximate surface area is 252 Å². The van der Waals surface area contributed by atoms with Crippen LogP contribution in [0.25, 0.3) is 10.9 Å². The van der Waals surface area contributed by atoms with Crippen LogP contribution in [0.5, 0.6) is 0 Å². The molecule has 11 atom stereocenters. The van der Waals surface area contributed by atoms with E-state index in [2.05, 4.69) is 50.1 Å². The van der Waals surface area contributed by atoms with Crippen LogP contribution in [0.4, 0.5) is 4.79 Å². The van der Waals surface area contributed by atoms with Gasteiger partial charge in [-0.15, -0.1) is 0 Å². The molecule has 4 aliphatic carbocycles. The summed E-state index contributed by atoms with van der Waals surface area (Å²) in [4.78, 5) is 15.8. The number of amides is 1. The minimum atomic E-state index is -0.325. The first-order valence-corrected chi connectivity index (χ1v) is 17.0. The molecular formula is C36H54N2O4. The van der Waals surface area contributed by atoms with E-state index in [1.54, 1.807) is 0 Å². The number of benzene rings is 1. The maximum absolute atomic E-state index is 12.5. The van der Waals surface area contributed by atoms with Crippen molar-refractivity contribution in [3.8, 4) is 0 Å². The van der Waals surface area contributed by atoms with Crippen molar-refractivity contribution < 1.29 is 19.7 Å². The van der Waals surface area contributed by atoms with Crippen molar-refractivity contribution >= 4 is 17.0 Å². The summed E-state index contributed by atoms with van der Waals surface area (Å²) in [5.41, 5.74) is 2.80. The molecule has 4 aliphatic rings. The van der Waals surface area contributed by atoms with Crippen LogP contribution >= 0.6 is 0 Å². The number of alkyl carbamates (subject to hydrolysis) is 1. The molecule has 6 rings (SSSR count). The topological polar surface area (TPSA) is 94.6 Å². The van der Waals surface area contributed by atoms with Crippen LogP contribution in [-0.2, 0) is 11.2 Å². The van der Waals surface area contributed by atoms with E-state index in [4.69, 9.17) is 4.74 Å². The Bertz CT molecular complexity index is 1240. The zero-order chi connectivity index (χ0) is 29.6. The number of aromatic nitrogens is 1. The summed E-state index contributed by atoms with van der Waals surface area (Å²) in [6.07, 6.45) is 11.6. The van der Waals surface area contributed by atoms with Crippen LogP contribution < -0.4 is 5.32 Å². The first-order valence-electron chi connectivity index (χ1n) is 17.0. The van der Waals surface area contributed by atoms with E-state index >= 15 is 0 Å². The van der Waals surface area contributed by atoms with Crippen molar-refractivity contribution in [3.63, 3.8) is 0 Å². The van der Waals surface area contributed by atoms with Crippen LogP contribution in [0.1, 0.15) is 91.0 Å². The Morgan fingerprint density at radius 2 is 1.83 bits per heavy atom. The number of fused-ring (bicyclic) bond motifs is 6. The maximum atomic E-state index is 12.5. The molecule has 0 radical (unpaired) electrons. The van der Waals surface area contributed by atoms with Gasteiger partial charge in [0.1, 0.15) is 0 Å². The number of ether oxygens (including phenoxy) is 1. The number of carbonyl (C=O) groups is 1. The molecule has 0 aliphatic heterocycles. The molecule has 4 fully saturated rings. The molecule has 4 saturated carbocycles. The molecule has 42 heavy (non-hydrogen) atoms. The summed E-state index contributed by atoms with van der Waals surface area (Å²) in [6, 6.07) is 8.24. The minimum Gasteiger partial charge on any atom is -0.450 e. The normalized spacial score (nSPS) is 40.1. The molecule has 2 aromatic rings. The second kappa shape index (κ2) is 11.8. The van der Waals surface area contributed by atoms with Crippen molar-refractivity contribution in [1.82, 2.24) is 10.3 Å². The lowest BCUT2D eigenvalue weighted by Crippen LogP contribution is -2.62. The lowest BCUT2D eigenvalue weighted by molar-refractivity contribution is -0.203. The lowest BCUT2D eigenvalue weighted by Gasteiger charge is -2.64. The smallest absolute Gasteiger partial charge is 0.407 e. The molecule has 1 heterocycles. The number of hydrogen-bond donors (Lipinski definition) is 4. The summed E-state index contributed by atoms with van der Waals surface area (Å²) in [5.74, 6) is 3.32. The van der Waals surface area contributed by atoms with Gasteiger partial charge in [-0.1, -0.05) is 52.3 Å². The molecule has 1 amide bonds. The van der Waals surface area contributed by atoms with Crippen molar-refractivity contribution in [2.45, 2.75) is 104 Å². The van der Waals surface area contributed by atoms with Gasteiger partial charge in [-0.25, -0.2) is 4.79 Å². The molecule has 1 aromatic heterocycles. The summed E-state index contributed by atoms with van der Waals surface area (Å²) >= 11 is 0. The lowest BCUT2D eigenvalue weighted by atomic mass is 9.41. The van der Waals surface area contributed by atoms with Crippen LogP contribution in [0.2, 0.25) is 0 Å². The van der Waals surface area contributed by atoms with E-state index in [-0.39, 0.29) is 29.1 Å². The largest absolute Gasteiger partial charge is 0.450 e. The highest BCUT2D eigenvalue weighted by Gasteiger charge is 2.64. The molecule has 232 valence electrons. The van der Waals surface area contributed by atoms with E-state index in [1.165, 1.54) is 36.6 Å². The highest BCUT2D eigenvalue weighted by molar-refractivity contribution is 5.83. The SMILES string of the molecule is CC[C@@H]1C2C[C@H](O)CC[C@@]2(C)[C@H]2CCC3(C)[C@@H]([C@H](C)CCOC(=O)NCCc4c[nH]c5ccccc45)CC[C@H]3C2[C@@H]1O. The quantitative estimate of drug-likeness (QED) is 0.269. The van der Waals surface area contributed by atoms with Crippen molar-refractivity contribution in [2.75, 3.05) is 13.2 Å². The minimum absolute atomic E-state index is 0.199. The van der Waals surface area contributed by atoms with E-state index in [1.807, 2.05) is 18.3 Å². The number of rotatable bonds is 8. The second-order valence-electron chi connectivity index (χ2n) is 15.1. The molecule has 1 aromatic carbocycles. The first-order chi connectivity index (χ1) is 20.2. The van der Waals surface area contributed by atoms with E-state index < -0.39 is 0 Å². The van der Waals surface area contributed by atoms with E-state index in [0.29, 0.717) is 54.6 Å². The van der Waals surface area contributed by atoms with Gasteiger partial charge in [0.05, 0.1) is 18.8 Å². The molecule has 0 saturated heterocycles. The fraction of sp³-hybridized carbons (Fsp3) is 0.750. The van der Waals surface area contributed by atoms with Crippen molar-refractivity contribution in [1.29, 1.82) is 0 Å². The van der Waals surface area contributed by atoms with Gasteiger partial charge in [0, 0.05) is 23.6 Å². The summed E-state index contributed by atoms with van der Waals surface area (Å²) < 4.78 is 5.64. The number of carbonyl (C=O) groups excluding carboxylic acids is 1. The fourth-order valence-corrected chi connectivity index (χ4v) is 11.2. The zero-order valence-corrected chi connectivity index (χ0v) is 26.3. The number of para-hydroxylation sites is 1. The molecule has 3 unspecified atom stereocenters. The summed E-state index contributed by atoms with van der Waals surface area (Å²) in [5, 5.41) is 26.6. The van der Waals surface area contributed by atoms with Gasteiger partial charge in [-0.3, -0.25) is 0 Å². The van der Waals surface area contributed by atoms with Gasteiger partial charge in [0.15, 0.2) is 0 Å². The highest BCUT2D eigenvalue weighted by Crippen LogP contribution is 2.69. The van der Waals surface area contributed by atoms with Gasteiger partial charge >= 0.3 is 6.09 Å². The third-order valence-electron chi connectivity index (χ3n) is 13.3. The van der Waals surface area contributed by atoms with E-state index in [0.717, 1.165) is 44.0 Å². The monoisotopic (exact) mass is 578 g/mol. The predicted molar refractivity (Wildman–Crippen MR) is 167 cm³/mol. The van der Waals surface area contributed by atoms with Crippen LogP contribution in [-0.4, -0.2) is 46.6 Å².